The van der Waals surface area contributed by atoms with E-state index < -0.39 is 10.1 Å². The first kappa shape index (κ1) is 13.7. The third-order valence-corrected chi connectivity index (χ3v) is 3.13. The van der Waals surface area contributed by atoms with Gasteiger partial charge in [-0.3, -0.25) is 4.55 Å². The molecular weight excluding hydrogens is 292 g/mol. The lowest BCUT2D eigenvalue weighted by molar-refractivity contribution is 0.483. The average molecular weight is 301 g/mol. The van der Waals surface area contributed by atoms with Crippen LogP contribution >= 0.6 is 11.6 Å². The number of benzene rings is 1. The molecule has 9 heteroatoms. The topological polar surface area (TPSA) is 105 Å². The van der Waals surface area contributed by atoms with Crippen LogP contribution in [-0.4, -0.2) is 27.9 Å². The summed E-state index contributed by atoms with van der Waals surface area (Å²) in [7, 11) is -4.25. The van der Waals surface area contributed by atoms with Crippen molar-refractivity contribution in [2.45, 2.75) is 11.8 Å². The second-order valence-corrected chi connectivity index (χ2v) is 5.36. The molecule has 7 nitrogen and oxygen atoms in total. The Balaban J connectivity index is 2.33. The molecule has 0 amide bonds. The number of hydrogen-bond acceptors (Lipinski definition) is 6. The predicted octanol–water partition coefficient (Wildman–Crippen LogP) is 1.82. The second-order valence-electron chi connectivity index (χ2n) is 3.60. The summed E-state index contributed by atoms with van der Waals surface area (Å²) >= 11 is 5.68. The van der Waals surface area contributed by atoms with Gasteiger partial charge in [0.25, 0.3) is 10.1 Å². The Hall–Kier alpha value is -1.77. The molecule has 2 N–H and O–H groups in total. The fraction of sp³-hybridized carbons (Fsp3) is 0.100. The summed E-state index contributed by atoms with van der Waals surface area (Å²) in [5.74, 6) is 0.610. The molecule has 0 saturated heterocycles. The highest BCUT2D eigenvalue weighted by molar-refractivity contribution is 7.85. The minimum absolute atomic E-state index is 0.0286. The van der Waals surface area contributed by atoms with Crippen LogP contribution < -0.4 is 5.32 Å². The van der Waals surface area contributed by atoms with Crippen LogP contribution in [0.3, 0.4) is 0 Å². The van der Waals surface area contributed by atoms with Gasteiger partial charge in [-0.15, -0.1) is 0 Å². The van der Waals surface area contributed by atoms with Crippen LogP contribution in [0.25, 0.3) is 0 Å². The summed E-state index contributed by atoms with van der Waals surface area (Å²) in [6.07, 6.45) is 0. The zero-order valence-corrected chi connectivity index (χ0v) is 11.3. The van der Waals surface area contributed by atoms with Gasteiger partial charge in [0, 0.05) is 5.69 Å². The Morgan fingerprint density at radius 1 is 1.26 bits per heavy atom. The summed E-state index contributed by atoms with van der Waals surface area (Å²) < 4.78 is 31.0. The van der Waals surface area contributed by atoms with Crippen LogP contribution in [0, 0.1) is 6.92 Å². The molecule has 2 rings (SSSR count). The molecule has 0 bridgehead atoms. The van der Waals surface area contributed by atoms with Crippen molar-refractivity contribution in [2.24, 2.45) is 0 Å². The van der Waals surface area contributed by atoms with Gasteiger partial charge in [-0.05, 0) is 36.7 Å². The Morgan fingerprint density at radius 2 is 2.00 bits per heavy atom. The molecule has 0 aliphatic carbocycles. The maximum Gasteiger partial charge on any atom is 0.294 e. The first-order valence-corrected chi connectivity index (χ1v) is 6.89. The van der Waals surface area contributed by atoms with Gasteiger partial charge in [0.15, 0.2) is 0 Å². The largest absolute Gasteiger partial charge is 0.324 e. The third-order valence-electron chi connectivity index (χ3n) is 2.11. The molecule has 1 aromatic heterocycles. The zero-order chi connectivity index (χ0) is 14.0. The number of nitrogens with zero attached hydrogens (tertiary/aromatic N) is 3. The zero-order valence-electron chi connectivity index (χ0n) is 9.70. The molecular formula is C10H9ClN4O3S. The van der Waals surface area contributed by atoms with Gasteiger partial charge in [-0.25, -0.2) is 4.98 Å². The van der Waals surface area contributed by atoms with Crippen molar-refractivity contribution in [3.8, 4) is 0 Å². The van der Waals surface area contributed by atoms with Gasteiger partial charge in [0.2, 0.25) is 11.2 Å². The van der Waals surface area contributed by atoms with Crippen LogP contribution in [0.15, 0.2) is 29.2 Å². The van der Waals surface area contributed by atoms with E-state index in [1.807, 2.05) is 0 Å². The molecule has 0 unspecified atom stereocenters. The Labute approximate surface area is 114 Å². The molecule has 19 heavy (non-hydrogen) atoms. The van der Waals surface area contributed by atoms with E-state index in [9.17, 15) is 8.42 Å². The second kappa shape index (κ2) is 5.08. The van der Waals surface area contributed by atoms with Crippen LogP contribution in [0.2, 0.25) is 5.28 Å². The molecule has 0 aliphatic heterocycles. The standard InChI is InChI=1S/C10H9ClN4O3S/c1-6-12-9(11)15-10(13-6)14-7-3-2-4-8(5-7)19(16,17)18/h2-5H,1H3,(H,16,17,18)(H,12,13,14,15). The molecule has 100 valence electrons. The van der Waals surface area contributed by atoms with E-state index in [-0.39, 0.29) is 16.1 Å². The highest BCUT2D eigenvalue weighted by atomic mass is 35.5. The minimum Gasteiger partial charge on any atom is -0.324 e. The van der Waals surface area contributed by atoms with Crippen LogP contribution in [0.4, 0.5) is 11.6 Å². The Bertz CT molecular complexity index is 700. The van der Waals surface area contributed by atoms with Crippen molar-refractivity contribution in [3.05, 3.63) is 35.4 Å². The number of anilines is 2. The molecule has 0 saturated carbocycles. The number of halogens is 1. The number of hydrogen-bond donors (Lipinski definition) is 2. The van der Waals surface area contributed by atoms with E-state index in [1.54, 1.807) is 13.0 Å². The highest BCUT2D eigenvalue weighted by Gasteiger charge is 2.10. The third kappa shape index (κ3) is 3.60. The van der Waals surface area contributed by atoms with Crippen molar-refractivity contribution in [3.63, 3.8) is 0 Å². The number of nitrogens with one attached hydrogen (secondary N) is 1. The summed E-state index contributed by atoms with van der Waals surface area (Å²) in [5.41, 5.74) is 0.400. The van der Waals surface area contributed by atoms with E-state index in [1.165, 1.54) is 18.2 Å². The predicted molar refractivity (Wildman–Crippen MR) is 69.1 cm³/mol. The van der Waals surface area contributed by atoms with Gasteiger partial charge in [0.05, 0.1) is 4.90 Å². The van der Waals surface area contributed by atoms with E-state index in [4.69, 9.17) is 16.2 Å². The summed E-state index contributed by atoms with van der Waals surface area (Å²) in [5, 5.41) is 2.80. The van der Waals surface area contributed by atoms with Crippen molar-refractivity contribution in [1.29, 1.82) is 0 Å². The fourth-order valence-electron chi connectivity index (χ4n) is 1.37. The van der Waals surface area contributed by atoms with Gasteiger partial charge >= 0.3 is 0 Å². The molecule has 1 heterocycles. The Kier molecular flexibility index (Phi) is 3.65. The Morgan fingerprint density at radius 3 is 2.63 bits per heavy atom. The quantitative estimate of drug-likeness (QED) is 0.833. The molecule has 0 fully saturated rings. The molecule has 0 atom stereocenters. The lowest BCUT2D eigenvalue weighted by Crippen LogP contribution is -2.03. The fourth-order valence-corrected chi connectivity index (χ4v) is 2.10. The lowest BCUT2D eigenvalue weighted by atomic mass is 10.3. The number of rotatable bonds is 3. The normalized spacial score (nSPS) is 11.3. The monoisotopic (exact) mass is 300 g/mol. The maximum atomic E-state index is 11.0. The molecule has 0 spiro atoms. The van der Waals surface area contributed by atoms with Gasteiger partial charge < -0.3 is 5.32 Å². The van der Waals surface area contributed by atoms with Gasteiger partial charge in [-0.2, -0.15) is 18.4 Å². The van der Waals surface area contributed by atoms with E-state index in [0.717, 1.165) is 0 Å². The first-order valence-electron chi connectivity index (χ1n) is 5.07. The summed E-state index contributed by atoms with van der Waals surface area (Å²) in [4.78, 5) is 11.4. The van der Waals surface area contributed by atoms with Crippen LogP contribution in [0.5, 0.6) is 0 Å². The number of aryl methyl sites for hydroxylation is 1. The molecule has 1 aromatic carbocycles. The van der Waals surface area contributed by atoms with Crippen LogP contribution in [0.1, 0.15) is 5.82 Å². The van der Waals surface area contributed by atoms with Crippen molar-refractivity contribution < 1.29 is 13.0 Å². The lowest BCUT2D eigenvalue weighted by Gasteiger charge is -2.06. The smallest absolute Gasteiger partial charge is 0.294 e. The molecule has 0 aliphatic rings. The van der Waals surface area contributed by atoms with Gasteiger partial charge in [-0.1, -0.05) is 6.07 Å². The van der Waals surface area contributed by atoms with Crippen molar-refractivity contribution >= 4 is 33.4 Å². The van der Waals surface area contributed by atoms with Crippen LogP contribution in [-0.2, 0) is 10.1 Å². The van der Waals surface area contributed by atoms with Crippen molar-refractivity contribution in [1.82, 2.24) is 15.0 Å². The minimum atomic E-state index is -4.25. The highest BCUT2D eigenvalue weighted by Crippen LogP contribution is 2.18. The summed E-state index contributed by atoms with van der Waals surface area (Å²) in [6, 6.07) is 5.59. The maximum absolute atomic E-state index is 11.0. The van der Waals surface area contributed by atoms with Crippen molar-refractivity contribution in [2.75, 3.05) is 5.32 Å². The molecule has 0 radical (unpaired) electrons. The molecule has 2 aromatic rings. The van der Waals surface area contributed by atoms with Gasteiger partial charge in [0.1, 0.15) is 5.82 Å². The average Bonchev–Trinajstić information content (AvgIpc) is 2.26. The van der Waals surface area contributed by atoms with E-state index in [2.05, 4.69) is 20.3 Å². The van der Waals surface area contributed by atoms with E-state index >= 15 is 0 Å². The van der Waals surface area contributed by atoms with E-state index in [0.29, 0.717) is 11.5 Å². The first-order chi connectivity index (χ1) is 8.84. The number of aromatic nitrogens is 3. The summed E-state index contributed by atoms with van der Waals surface area (Å²) in [6.45, 7) is 1.65. The SMILES string of the molecule is Cc1nc(Cl)nc(Nc2cccc(S(=O)(=O)O)c2)n1.